The van der Waals surface area contributed by atoms with Crippen molar-refractivity contribution in [1.82, 2.24) is 10.3 Å². The summed E-state index contributed by atoms with van der Waals surface area (Å²) in [4.78, 5) is 32.8. The summed E-state index contributed by atoms with van der Waals surface area (Å²) >= 11 is 1.47. The Hall–Kier alpha value is -3.32. The molecule has 0 saturated heterocycles. The van der Waals surface area contributed by atoms with Gasteiger partial charge in [-0.3, -0.25) is 9.59 Å². The van der Waals surface area contributed by atoms with Gasteiger partial charge in [0.2, 0.25) is 5.91 Å². The third kappa shape index (κ3) is 5.11. The molecule has 164 valence electrons. The normalized spacial score (nSPS) is 12.7. The van der Waals surface area contributed by atoms with Crippen molar-refractivity contribution in [3.63, 3.8) is 0 Å². The van der Waals surface area contributed by atoms with E-state index in [2.05, 4.69) is 10.3 Å². The zero-order chi connectivity index (χ0) is 22.5. The summed E-state index contributed by atoms with van der Waals surface area (Å²) in [6.07, 6.45) is 2.01. The number of rotatable bonds is 7. The highest BCUT2D eigenvalue weighted by atomic mass is 32.2. The number of carbonyl (C=O) groups is 2. The predicted octanol–water partition coefficient (Wildman–Crippen LogP) is 4.69. The molecule has 2 heterocycles. The number of para-hydroxylation sites is 1. The maximum atomic E-state index is 13.2. The Labute approximate surface area is 192 Å². The van der Waals surface area contributed by atoms with Gasteiger partial charge in [-0.1, -0.05) is 36.0 Å². The summed E-state index contributed by atoms with van der Waals surface area (Å²) in [5, 5.41) is 3.62. The van der Waals surface area contributed by atoms with Crippen molar-refractivity contribution in [2.24, 2.45) is 0 Å². The molecule has 0 spiro atoms. The first kappa shape index (κ1) is 21.9. The topological polar surface area (TPSA) is 71.5 Å². The van der Waals surface area contributed by atoms with Crippen LogP contribution in [0.3, 0.4) is 0 Å². The van der Waals surface area contributed by atoms with Gasteiger partial charge in [0.15, 0.2) is 0 Å². The molecule has 0 atom stereocenters. The Morgan fingerprint density at radius 1 is 1.09 bits per heavy atom. The minimum Gasteiger partial charge on any atom is -0.491 e. The Bertz CT molecular complexity index is 1120. The quantitative estimate of drug-likeness (QED) is 0.569. The fourth-order valence-electron chi connectivity index (χ4n) is 3.44. The van der Waals surface area contributed by atoms with Crippen LogP contribution in [0.4, 0.5) is 5.69 Å². The van der Waals surface area contributed by atoms with E-state index in [1.54, 1.807) is 23.2 Å². The molecule has 2 aromatic carbocycles. The average molecular weight is 448 g/mol. The van der Waals surface area contributed by atoms with Crippen molar-refractivity contribution in [3.8, 4) is 5.75 Å². The number of pyridine rings is 1. The van der Waals surface area contributed by atoms with Crippen LogP contribution in [0.25, 0.3) is 0 Å². The van der Waals surface area contributed by atoms with Gasteiger partial charge in [0, 0.05) is 30.6 Å². The second-order valence-corrected chi connectivity index (χ2v) is 8.75. The summed E-state index contributed by atoms with van der Waals surface area (Å²) in [5.41, 5.74) is 2.34. The lowest BCUT2D eigenvalue weighted by Crippen LogP contribution is -2.35. The standard InChI is InChI=1S/C25H25N3O3S/c1-17(2)31-19-11-9-18(10-12-19)16-27-23(29)13-15-28-21-7-3-4-8-22(21)32-24-20(25(28)30)6-5-14-26-24/h3-12,14,17H,13,15-16H2,1-2H3,(H,27,29). The fraction of sp³-hybridized carbons (Fsp3) is 0.240. The maximum Gasteiger partial charge on any atom is 0.261 e. The van der Waals surface area contributed by atoms with Crippen molar-refractivity contribution >= 4 is 29.3 Å². The number of nitrogens with one attached hydrogen (secondary N) is 1. The minimum atomic E-state index is -0.140. The third-order valence-corrected chi connectivity index (χ3v) is 6.04. The van der Waals surface area contributed by atoms with Crippen LogP contribution in [-0.2, 0) is 11.3 Å². The number of nitrogens with zero attached hydrogens (tertiary/aromatic N) is 2. The molecule has 1 aromatic heterocycles. The number of hydrogen-bond donors (Lipinski definition) is 1. The molecule has 3 aromatic rings. The zero-order valence-electron chi connectivity index (χ0n) is 18.1. The first-order valence-corrected chi connectivity index (χ1v) is 11.4. The molecule has 7 heteroatoms. The number of benzene rings is 2. The van der Waals surface area contributed by atoms with Gasteiger partial charge >= 0.3 is 0 Å². The first-order chi connectivity index (χ1) is 15.5. The number of fused-ring (bicyclic) bond motifs is 2. The zero-order valence-corrected chi connectivity index (χ0v) is 18.9. The molecule has 0 aliphatic carbocycles. The minimum absolute atomic E-state index is 0.110. The number of amides is 2. The molecule has 0 radical (unpaired) electrons. The van der Waals surface area contributed by atoms with Gasteiger partial charge in [0.1, 0.15) is 10.8 Å². The van der Waals surface area contributed by atoms with Crippen LogP contribution in [0.1, 0.15) is 36.2 Å². The van der Waals surface area contributed by atoms with Crippen LogP contribution in [0.5, 0.6) is 5.75 Å². The van der Waals surface area contributed by atoms with Gasteiger partial charge in [0.05, 0.1) is 17.4 Å². The lowest BCUT2D eigenvalue weighted by Gasteiger charge is -2.22. The molecule has 0 saturated carbocycles. The fourth-order valence-corrected chi connectivity index (χ4v) is 4.46. The molecule has 32 heavy (non-hydrogen) atoms. The molecule has 0 unspecified atom stereocenters. The van der Waals surface area contributed by atoms with Crippen molar-refractivity contribution in [2.75, 3.05) is 11.4 Å². The van der Waals surface area contributed by atoms with E-state index in [0.29, 0.717) is 17.1 Å². The highest BCUT2D eigenvalue weighted by molar-refractivity contribution is 7.99. The van der Waals surface area contributed by atoms with Gasteiger partial charge in [-0.15, -0.1) is 0 Å². The average Bonchev–Trinajstić information content (AvgIpc) is 2.91. The van der Waals surface area contributed by atoms with Gasteiger partial charge in [0.25, 0.3) is 5.91 Å². The van der Waals surface area contributed by atoms with E-state index in [1.807, 2.05) is 62.4 Å². The highest BCUT2D eigenvalue weighted by Crippen LogP contribution is 2.40. The van der Waals surface area contributed by atoms with Crippen LogP contribution in [0, 0.1) is 0 Å². The maximum absolute atomic E-state index is 13.2. The number of carbonyl (C=O) groups excluding carboxylic acids is 2. The van der Waals surface area contributed by atoms with Crippen molar-refractivity contribution in [3.05, 3.63) is 78.0 Å². The van der Waals surface area contributed by atoms with E-state index < -0.39 is 0 Å². The summed E-state index contributed by atoms with van der Waals surface area (Å²) in [6, 6.07) is 18.9. The summed E-state index contributed by atoms with van der Waals surface area (Å²) in [7, 11) is 0. The Morgan fingerprint density at radius 2 is 1.88 bits per heavy atom. The number of hydrogen-bond acceptors (Lipinski definition) is 5. The monoisotopic (exact) mass is 447 g/mol. The lowest BCUT2D eigenvalue weighted by atomic mass is 10.2. The Balaban J connectivity index is 1.40. The van der Waals surface area contributed by atoms with Crippen LogP contribution in [0.2, 0.25) is 0 Å². The SMILES string of the molecule is CC(C)Oc1ccc(CNC(=O)CCN2C(=O)c3cccnc3Sc3ccccc32)cc1. The molecule has 1 aliphatic heterocycles. The first-order valence-electron chi connectivity index (χ1n) is 10.6. The molecular weight excluding hydrogens is 422 g/mol. The smallest absolute Gasteiger partial charge is 0.261 e. The second-order valence-electron chi connectivity index (χ2n) is 7.72. The molecule has 0 bridgehead atoms. The van der Waals surface area contributed by atoms with Crippen LogP contribution in [-0.4, -0.2) is 29.4 Å². The van der Waals surface area contributed by atoms with Gasteiger partial charge in [-0.2, -0.15) is 0 Å². The van der Waals surface area contributed by atoms with Gasteiger partial charge in [-0.05, 0) is 55.8 Å². The third-order valence-electron chi connectivity index (χ3n) is 4.96. The molecule has 2 amide bonds. The predicted molar refractivity (Wildman–Crippen MR) is 125 cm³/mol. The highest BCUT2D eigenvalue weighted by Gasteiger charge is 2.28. The van der Waals surface area contributed by atoms with Gasteiger partial charge in [-0.25, -0.2) is 4.98 Å². The van der Waals surface area contributed by atoms with E-state index in [4.69, 9.17) is 4.74 Å². The molecule has 1 aliphatic rings. The van der Waals surface area contributed by atoms with Crippen LogP contribution in [0.15, 0.2) is 76.8 Å². The second kappa shape index (κ2) is 9.87. The van der Waals surface area contributed by atoms with E-state index in [1.165, 1.54) is 11.8 Å². The summed E-state index contributed by atoms with van der Waals surface area (Å²) in [6.45, 7) is 4.68. The van der Waals surface area contributed by atoms with E-state index in [9.17, 15) is 9.59 Å². The summed E-state index contributed by atoms with van der Waals surface area (Å²) < 4.78 is 5.64. The largest absolute Gasteiger partial charge is 0.491 e. The molecule has 1 N–H and O–H groups in total. The number of ether oxygens (including phenoxy) is 1. The van der Waals surface area contributed by atoms with Crippen LogP contribution < -0.4 is 15.0 Å². The lowest BCUT2D eigenvalue weighted by molar-refractivity contribution is -0.121. The van der Waals surface area contributed by atoms with E-state index in [-0.39, 0.29) is 30.9 Å². The van der Waals surface area contributed by atoms with E-state index >= 15 is 0 Å². The van der Waals surface area contributed by atoms with Crippen molar-refractivity contribution in [2.45, 2.75) is 42.8 Å². The van der Waals surface area contributed by atoms with Crippen molar-refractivity contribution < 1.29 is 14.3 Å². The number of anilines is 1. The van der Waals surface area contributed by atoms with Crippen molar-refractivity contribution in [1.29, 1.82) is 0 Å². The number of aromatic nitrogens is 1. The van der Waals surface area contributed by atoms with Crippen LogP contribution >= 0.6 is 11.8 Å². The van der Waals surface area contributed by atoms with Gasteiger partial charge < -0.3 is 15.0 Å². The van der Waals surface area contributed by atoms with E-state index in [0.717, 1.165) is 21.9 Å². The Kier molecular flexibility index (Phi) is 6.75. The molecule has 6 nitrogen and oxygen atoms in total. The molecule has 0 fully saturated rings. The molecular formula is C25H25N3O3S. The summed E-state index contributed by atoms with van der Waals surface area (Å²) in [5.74, 6) is 0.557. The molecule has 4 rings (SSSR count). The Morgan fingerprint density at radius 3 is 2.66 bits per heavy atom.